The molecule has 2 amide bonds. The van der Waals surface area contributed by atoms with Crippen LogP contribution in [0.4, 0.5) is 0 Å². The van der Waals surface area contributed by atoms with Gasteiger partial charge in [-0.05, 0) is 76.4 Å². The van der Waals surface area contributed by atoms with Gasteiger partial charge in [-0.1, -0.05) is 12.8 Å². The molecular formula is C29H50BClN6O5. The number of hydrogen-bond donors (Lipinski definition) is 6. The van der Waals surface area contributed by atoms with E-state index in [1.54, 1.807) is 0 Å². The minimum atomic E-state index is -1.31. The molecule has 42 heavy (non-hydrogen) atoms. The first-order valence-electron chi connectivity index (χ1n) is 16.2. The van der Waals surface area contributed by atoms with E-state index in [2.05, 4.69) is 33.3 Å². The summed E-state index contributed by atoms with van der Waals surface area (Å²) in [5.41, 5.74) is 8.14. The molecule has 2 aliphatic heterocycles. The molecule has 0 spiro atoms. The first-order valence-corrected chi connectivity index (χ1v) is 16.6. The van der Waals surface area contributed by atoms with Gasteiger partial charge < -0.3 is 25.4 Å². The summed E-state index contributed by atoms with van der Waals surface area (Å²) < 4.78 is 5.85. The van der Waals surface area contributed by atoms with Gasteiger partial charge in [-0.15, -0.1) is 11.6 Å². The second-order valence-electron chi connectivity index (χ2n) is 13.1. The number of nitrogens with zero attached hydrogens (tertiary/aromatic N) is 2. The number of fused-ring (bicyclic) bond motifs is 3. The molecule has 0 aromatic heterocycles. The summed E-state index contributed by atoms with van der Waals surface area (Å²) in [5.74, 6) is 0.333. The van der Waals surface area contributed by atoms with Gasteiger partial charge in [0, 0.05) is 49.2 Å². The fourth-order valence-corrected chi connectivity index (χ4v) is 8.39. The number of nitrogens with one attached hydrogen (secondary N) is 4. The van der Waals surface area contributed by atoms with Crippen molar-refractivity contribution in [1.29, 1.82) is 0 Å². The normalized spacial score (nSPS) is 38.9. The van der Waals surface area contributed by atoms with Crippen LogP contribution in [0.1, 0.15) is 84.0 Å². The van der Waals surface area contributed by atoms with Gasteiger partial charge >= 0.3 is 7.12 Å². The predicted molar refractivity (Wildman–Crippen MR) is 163 cm³/mol. The van der Waals surface area contributed by atoms with Gasteiger partial charge in [0.05, 0.1) is 30.9 Å². The first kappa shape index (κ1) is 32.1. The van der Waals surface area contributed by atoms with Gasteiger partial charge in [-0.25, -0.2) is 10.9 Å². The number of carbonyl (C=O) groups excluding carboxylic acids is 2. The number of rotatable bonds is 9. The van der Waals surface area contributed by atoms with E-state index in [-0.39, 0.29) is 59.8 Å². The highest BCUT2D eigenvalue weighted by Crippen LogP contribution is 2.42. The summed E-state index contributed by atoms with van der Waals surface area (Å²) in [4.78, 5) is 33.8. The van der Waals surface area contributed by atoms with E-state index >= 15 is 0 Å². The van der Waals surface area contributed by atoms with Crippen LogP contribution in [0.3, 0.4) is 0 Å². The molecule has 5 rings (SSSR count). The lowest BCUT2D eigenvalue weighted by molar-refractivity contribution is -0.126. The van der Waals surface area contributed by atoms with Gasteiger partial charge in [0.25, 0.3) is 0 Å². The van der Waals surface area contributed by atoms with Gasteiger partial charge in [0.1, 0.15) is 0 Å². The third-order valence-electron chi connectivity index (χ3n) is 10.5. The molecule has 3 saturated carbocycles. The van der Waals surface area contributed by atoms with Crippen LogP contribution in [-0.4, -0.2) is 95.7 Å². The molecule has 1 saturated heterocycles. The molecule has 6 N–H and O–H groups in total. The zero-order valence-electron chi connectivity index (χ0n) is 25.1. The third kappa shape index (κ3) is 7.50. The van der Waals surface area contributed by atoms with Crippen LogP contribution >= 0.6 is 11.6 Å². The average Bonchev–Trinajstić information content (AvgIpc) is 3.32. The summed E-state index contributed by atoms with van der Waals surface area (Å²) in [5, 5.41) is 24.9. The summed E-state index contributed by atoms with van der Waals surface area (Å²) >= 11 is 6.49. The molecule has 13 heteroatoms. The molecule has 0 aromatic rings. The maximum absolute atomic E-state index is 13.2. The van der Waals surface area contributed by atoms with Crippen molar-refractivity contribution < 1.29 is 24.4 Å². The Morgan fingerprint density at radius 3 is 2.43 bits per heavy atom. The van der Waals surface area contributed by atoms with Crippen LogP contribution in [0.2, 0.25) is 5.82 Å². The zero-order chi connectivity index (χ0) is 29.8. The Kier molecular flexibility index (Phi) is 11.2. The topological polar surface area (TPSA) is 148 Å². The minimum Gasteiger partial charge on any atom is -0.427 e. The van der Waals surface area contributed by atoms with Crippen LogP contribution in [0.15, 0.2) is 4.99 Å². The minimum absolute atomic E-state index is 0.0253. The van der Waals surface area contributed by atoms with E-state index in [0.29, 0.717) is 56.7 Å². The lowest BCUT2D eigenvalue weighted by Crippen LogP contribution is -2.55. The Morgan fingerprint density at radius 1 is 1.02 bits per heavy atom. The maximum Gasteiger partial charge on any atom is 0.454 e. The molecular weight excluding hydrogens is 559 g/mol. The molecule has 4 fully saturated rings. The lowest BCUT2D eigenvalue weighted by atomic mass is 9.63. The molecule has 3 aliphatic carbocycles. The van der Waals surface area contributed by atoms with Crippen molar-refractivity contribution in [2.24, 2.45) is 22.7 Å². The van der Waals surface area contributed by atoms with Crippen molar-refractivity contribution in [2.75, 3.05) is 20.2 Å². The van der Waals surface area contributed by atoms with Crippen LogP contribution in [-0.2, 0) is 14.3 Å². The second kappa shape index (κ2) is 14.7. The molecule has 0 aromatic carbocycles. The number of hydrazine groups is 1. The number of carbonyl (C=O) groups is 2. The van der Waals surface area contributed by atoms with E-state index in [9.17, 15) is 19.6 Å². The van der Waals surface area contributed by atoms with Crippen LogP contribution in [0, 0.1) is 17.8 Å². The van der Waals surface area contributed by atoms with Crippen molar-refractivity contribution in [3.63, 3.8) is 0 Å². The SMILES string of the molecule is COC1CCC2C(C1)C(C1CCC(Cl)CC1)=N[C@@H](CC(=O)NCCNC(=O)C1CCC(B(O)O)CC1)C1NNC(C)N21. The van der Waals surface area contributed by atoms with Gasteiger partial charge in [-0.3, -0.25) is 19.5 Å². The number of amides is 2. The molecule has 6 atom stereocenters. The van der Waals surface area contributed by atoms with Gasteiger partial charge in [0.2, 0.25) is 11.8 Å². The number of ether oxygens (including phenoxy) is 1. The van der Waals surface area contributed by atoms with E-state index in [0.717, 1.165) is 44.9 Å². The van der Waals surface area contributed by atoms with Crippen molar-refractivity contribution in [3.8, 4) is 0 Å². The number of alkyl halides is 1. The zero-order valence-corrected chi connectivity index (χ0v) is 25.9. The van der Waals surface area contributed by atoms with Crippen LogP contribution < -0.4 is 21.5 Å². The molecule has 0 radical (unpaired) electrons. The van der Waals surface area contributed by atoms with Crippen LogP contribution in [0.25, 0.3) is 0 Å². The predicted octanol–water partition coefficient (Wildman–Crippen LogP) is 1.53. The standard InChI is InChI=1S/C29H50BClN6O5/c1-17-35-36-28-24(16-26(38)32-13-14-33-29(39)19-3-7-20(8-4-19)30(40)41)34-27(18-5-9-21(31)10-6-18)23-15-22(42-2)11-12-25(23)37(17)28/h17-25,28,35-36,40-41H,3-16H2,1-2H3,(H,32,38)(H,33,39)/t17?,18?,19?,20?,21?,22?,23?,24-,25?,28?/m0/s1. The largest absolute Gasteiger partial charge is 0.454 e. The summed E-state index contributed by atoms with van der Waals surface area (Å²) in [6.45, 7) is 2.90. The van der Waals surface area contributed by atoms with Crippen molar-refractivity contribution in [1.82, 2.24) is 26.4 Å². The fraction of sp³-hybridized carbons (Fsp3) is 0.897. The molecule has 5 unspecified atom stereocenters. The number of hydrogen-bond acceptors (Lipinski definition) is 9. The van der Waals surface area contributed by atoms with Crippen molar-refractivity contribution in [3.05, 3.63) is 0 Å². The van der Waals surface area contributed by atoms with Gasteiger partial charge in [0.15, 0.2) is 0 Å². The Labute approximate surface area is 255 Å². The quantitative estimate of drug-likeness (QED) is 0.131. The smallest absolute Gasteiger partial charge is 0.427 e. The molecule has 11 nitrogen and oxygen atoms in total. The Balaban J connectivity index is 1.21. The molecule has 2 heterocycles. The van der Waals surface area contributed by atoms with E-state index in [4.69, 9.17) is 21.3 Å². The second-order valence-corrected chi connectivity index (χ2v) is 13.8. The van der Waals surface area contributed by atoms with E-state index in [1.165, 1.54) is 5.71 Å². The van der Waals surface area contributed by atoms with Gasteiger partial charge in [-0.2, -0.15) is 0 Å². The lowest BCUT2D eigenvalue weighted by Gasteiger charge is -2.44. The number of halogens is 1. The highest BCUT2D eigenvalue weighted by atomic mass is 35.5. The third-order valence-corrected chi connectivity index (χ3v) is 11.0. The Morgan fingerprint density at radius 2 is 1.74 bits per heavy atom. The summed E-state index contributed by atoms with van der Waals surface area (Å²) in [6.07, 6.45) is 10.2. The molecule has 236 valence electrons. The highest BCUT2D eigenvalue weighted by molar-refractivity contribution is 6.43. The van der Waals surface area contributed by atoms with E-state index in [1.807, 2.05) is 7.11 Å². The van der Waals surface area contributed by atoms with E-state index < -0.39 is 7.12 Å². The highest BCUT2D eigenvalue weighted by Gasteiger charge is 2.50. The Bertz CT molecular complexity index is 961. The first-order chi connectivity index (χ1) is 20.2. The summed E-state index contributed by atoms with van der Waals surface area (Å²) in [6, 6.07) is 0.106. The molecule has 0 bridgehead atoms. The Hall–Kier alpha value is -1.28. The monoisotopic (exact) mass is 608 g/mol. The van der Waals surface area contributed by atoms with Crippen molar-refractivity contribution >= 4 is 36.2 Å². The van der Waals surface area contributed by atoms with Crippen LogP contribution in [0.5, 0.6) is 0 Å². The van der Waals surface area contributed by atoms with Crippen molar-refractivity contribution in [2.45, 2.75) is 126 Å². The fourth-order valence-electron chi connectivity index (χ4n) is 8.13. The number of aliphatic imine (C=N–C) groups is 1. The number of methoxy groups -OCH3 is 1. The maximum atomic E-state index is 13.2. The summed E-state index contributed by atoms with van der Waals surface area (Å²) in [7, 11) is 0.500. The average molecular weight is 609 g/mol. The molecule has 5 aliphatic rings.